The van der Waals surface area contributed by atoms with Gasteiger partial charge in [0.1, 0.15) is 5.69 Å². The summed E-state index contributed by atoms with van der Waals surface area (Å²) in [4.78, 5) is 1.17. The summed E-state index contributed by atoms with van der Waals surface area (Å²) in [6.07, 6.45) is 0. The Bertz CT molecular complexity index is 940. The van der Waals surface area contributed by atoms with Gasteiger partial charge >= 0.3 is 0 Å². The summed E-state index contributed by atoms with van der Waals surface area (Å²) in [7, 11) is 0. The number of anilines is 1. The summed E-state index contributed by atoms with van der Waals surface area (Å²) in [6, 6.07) is 12.7. The van der Waals surface area contributed by atoms with Crippen molar-refractivity contribution in [1.82, 2.24) is 0 Å². The molecule has 4 rings (SSSR count). The molecule has 0 saturated carbocycles. The lowest BCUT2D eigenvalue weighted by Crippen LogP contribution is -2.08. The highest BCUT2D eigenvalue weighted by Crippen LogP contribution is 2.44. The molecule has 0 bridgehead atoms. The van der Waals surface area contributed by atoms with E-state index in [0.717, 1.165) is 16.3 Å². The Morgan fingerprint density at radius 1 is 0.708 bits per heavy atom. The number of hydrogen-bond acceptors (Lipinski definition) is 1. The molecule has 3 aromatic carbocycles. The number of halogens is 5. The van der Waals surface area contributed by atoms with Crippen LogP contribution in [-0.4, -0.2) is 6.54 Å². The molecular formula is C18H10F5N. The zero-order valence-electron chi connectivity index (χ0n) is 12.2. The van der Waals surface area contributed by atoms with Gasteiger partial charge < -0.3 is 4.90 Å². The molecule has 1 fully saturated rings. The van der Waals surface area contributed by atoms with Crippen molar-refractivity contribution in [1.29, 1.82) is 0 Å². The maximum atomic E-state index is 13.9. The molecule has 1 aliphatic rings. The Kier molecular flexibility index (Phi) is 3.23. The minimum absolute atomic E-state index is 0.191. The highest BCUT2D eigenvalue weighted by atomic mass is 19.2. The van der Waals surface area contributed by atoms with E-state index in [0.29, 0.717) is 0 Å². The molecule has 0 spiro atoms. The molecular weight excluding hydrogens is 325 g/mol. The summed E-state index contributed by atoms with van der Waals surface area (Å²) >= 11 is 0. The fraction of sp³-hybridized carbons (Fsp3) is 0.111. The molecule has 6 heteroatoms. The molecule has 0 N–H and O–H groups in total. The average Bonchev–Trinajstić information content (AvgIpc) is 3.38. The van der Waals surface area contributed by atoms with Crippen LogP contribution in [0.15, 0.2) is 42.5 Å². The first-order valence-electron chi connectivity index (χ1n) is 7.26. The van der Waals surface area contributed by atoms with Crippen LogP contribution >= 0.6 is 0 Å². The molecule has 0 radical (unpaired) electrons. The molecule has 0 aliphatic carbocycles. The smallest absolute Gasteiger partial charge is 0.200 e. The summed E-state index contributed by atoms with van der Waals surface area (Å²) in [5, 5.41) is 1.95. The summed E-state index contributed by atoms with van der Waals surface area (Å²) < 4.78 is 67.6. The number of rotatable bonds is 2. The second-order valence-corrected chi connectivity index (χ2v) is 5.69. The van der Waals surface area contributed by atoms with Gasteiger partial charge in [0.2, 0.25) is 5.82 Å². The quantitative estimate of drug-likeness (QED) is 0.273. The second kappa shape index (κ2) is 5.19. The summed E-state index contributed by atoms with van der Waals surface area (Å²) in [6.45, 7) is 0.191. The first-order valence-corrected chi connectivity index (χ1v) is 7.26. The summed E-state index contributed by atoms with van der Waals surface area (Å²) in [5.74, 6) is -9.58. The van der Waals surface area contributed by atoms with E-state index in [9.17, 15) is 22.0 Å². The lowest BCUT2D eigenvalue weighted by atomic mass is 10.1. The number of hydrogen-bond donors (Lipinski definition) is 0. The van der Waals surface area contributed by atoms with E-state index in [2.05, 4.69) is 0 Å². The molecule has 3 aromatic rings. The molecule has 1 aliphatic heterocycles. The van der Waals surface area contributed by atoms with Crippen molar-refractivity contribution >= 4 is 16.5 Å². The van der Waals surface area contributed by atoms with Gasteiger partial charge in [-0.25, -0.2) is 22.0 Å². The van der Waals surface area contributed by atoms with E-state index >= 15 is 0 Å². The van der Waals surface area contributed by atoms with Gasteiger partial charge in [0.05, 0.1) is 6.04 Å². The third kappa shape index (κ3) is 2.13. The Morgan fingerprint density at radius 3 is 1.96 bits per heavy atom. The molecule has 0 unspecified atom stereocenters. The maximum absolute atomic E-state index is 13.9. The highest BCUT2D eigenvalue weighted by molar-refractivity contribution is 5.83. The minimum atomic E-state index is -2.14. The maximum Gasteiger partial charge on any atom is 0.200 e. The number of benzene rings is 3. The number of fused-ring (bicyclic) bond motifs is 1. The van der Waals surface area contributed by atoms with Crippen LogP contribution in [0.3, 0.4) is 0 Å². The molecule has 1 atom stereocenters. The normalized spacial score (nSPS) is 16.7. The lowest BCUT2D eigenvalue weighted by molar-refractivity contribution is 0.380. The molecule has 24 heavy (non-hydrogen) atoms. The van der Waals surface area contributed by atoms with Crippen molar-refractivity contribution in [2.75, 3.05) is 11.4 Å². The predicted molar refractivity (Wildman–Crippen MR) is 80.3 cm³/mol. The van der Waals surface area contributed by atoms with Gasteiger partial charge in [-0.3, -0.25) is 0 Å². The van der Waals surface area contributed by atoms with Crippen molar-refractivity contribution in [3.05, 3.63) is 77.1 Å². The lowest BCUT2D eigenvalue weighted by Gasteiger charge is -2.11. The van der Waals surface area contributed by atoms with Gasteiger partial charge in [-0.15, -0.1) is 0 Å². The second-order valence-electron chi connectivity index (χ2n) is 5.69. The highest BCUT2D eigenvalue weighted by Gasteiger charge is 2.42. The van der Waals surface area contributed by atoms with Gasteiger partial charge in [0.25, 0.3) is 0 Å². The SMILES string of the molecule is Fc1c(F)c(F)c(N2C[C@@H]2c2ccc3ccccc3c2)c(F)c1F. The Hall–Kier alpha value is -2.63. The van der Waals surface area contributed by atoms with Crippen LogP contribution in [0.25, 0.3) is 10.8 Å². The van der Waals surface area contributed by atoms with E-state index in [4.69, 9.17) is 0 Å². The van der Waals surface area contributed by atoms with E-state index in [1.165, 1.54) is 4.90 Å². The first-order chi connectivity index (χ1) is 11.5. The third-order valence-electron chi connectivity index (χ3n) is 4.24. The van der Waals surface area contributed by atoms with E-state index in [1.807, 2.05) is 36.4 Å². The van der Waals surface area contributed by atoms with Crippen molar-refractivity contribution in [2.45, 2.75) is 6.04 Å². The van der Waals surface area contributed by atoms with Gasteiger partial charge in [-0.2, -0.15) is 0 Å². The van der Waals surface area contributed by atoms with Gasteiger partial charge in [0.15, 0.2) is 23.3 Å². The molecule has 122 valence electrons. The Labute approximate surface area is 133 Å². The van der Waals surface area contributed by atoms with Crippen molar-refractivity contribution in [3.8, 4) is 0 Å². The zero-order chi connectivity index (χ0) is 17.0. The fourth-order valence-electron chi connectivity index (χ4n) is 2.93. The van der Waals surface area contributed by atoms with Crippen LogP contribution in [0.1, 0.15) is 11.6 Å². The Morgan fingerprint density at radius 2 is 1.29 bits per heavy atom. The van der Waals surface area contributed by atoms with Crippen LogP contribution in [0.2, 0.25) is 0 Å². The van der Waals surface area contributed by atoms with Crippen LogP contribution < -0.4 is 4.90 Å². The molecule has 0 amide bonds. The fourth-order valence-corrected chi connectivity index (χ4v) is 2.93. The zero-order valence-corrected chi connectivity index (χ0v) is 12.2. The Balaban J connectivity index is 1.74. The number of nitrogens with zero attached hydrogens (tertiary/aromatic N) is 1. The summed E-state index contributed by atoms with van der Waals surface area (Å²) in [5.41, 5.74) is -0.109. The van der Waals surface area contributed by atoms with E-state index in [-0.39, 0.29) is 6.54 Å². The first kappa shape index (κ1) is 14.9. The monoisotopic (exact) mass is 335 g/mol. The van der Waals surface area contributed by atoms with Crippen molar-refractivity contribution in [2.24, 2.45) is 0 Å². The largest absolute Gasteiger partial charge is 0.355 e. The minimum Gasteiger partial charge on any atom is -0.355 e. The van der Waals surface area contributed by atoms with E-state index < -0.39 is 40.8 Å². The van der Waals surface area contributed by atoms with Crippen molar-refractivity contribution in [3.63, 3.8) is 0 Å². The van der Waals surface area contributed by atoms with Gasteiger partial charge in [-0.1, -0.05) is 36.4 Å². The molecule has 1 saturated heterocycles. The van der Waals surface area contributed by atoms with Crippen LogP contribution in [0.4, 0.5) is 27.6 Å². The third-order valence-corrected chi connectivity index (χ3v) is 4.24. The molecule has 1 nitrogen and oxygen atoms in total. The average molecular weight is 335 g/mol. The molecule has 0 aromatic heterocycles. The van der Waals surface area contributed by atoms with Gasteiger partial charge in [0, 0.05) is 6.54 Å². The standard InChI is InChI=1S/C18H10F5N/c19-13-14(20)16(22)18(17(23)15(13)21)24-8-12(24)11-6-5-9-3-1-2-4-10(9)7-11/h1-7,12H,8H2/t12-,24?/m1/s1. The molecule has 1 heterocycles. The van der Waals surface area contributed by atoms with Crippen LogP contribution in [0.5, 0.6) is 0 Å². The van der Waals surface area contributed by atoms with E-state index in [1.54, 1.807) is 6.07 Å². The predicted octanol–water partition coefficient (Wildman–Crippen LogP) is 5.10. The van der Waals surface area contributed by atoms with Crippen LogP contribution in [-0.2, 0) is 0 Å². The van der Waals surface area contributed by atoms with Gasteiger partial charge in [-0.05, 0) is 22.4 Å². The topological polar surface area (TPSA) is 3.01 Å². The van der Waals surface area contributed by atoms with Crippen molar-refractivity contribution < 1.29 is 22.0 Å². The van der Waals surface area contributed by atoms with Crippen LogP contribution in [0, 0.1) is 29.1 Å².